The monoisotopic (exact) mass is 179 g/mol. The highest BCUT2D eigenvalue weighted by atomic mass is 15.3. The van der Waals surface area contributed by atoms with Gasteiger partial charge in [0.15, 0.2) is 0 Å². The van der Waals surface area contributed by atoms with E-state index in [2.05, 4.69) is 30.5 Å². The second-order valence-corrected chi connectivity index (χ2v) is 3.90. The third-order valence-electron chi connectivity index (χ3n) is 2.69. The fraction of sp³-hybridized carbons (Fsp3) is 0.700. The van der Waals surface area contributed by atoms with Crippen LogP contribution in [0.15, 0.2) is 12.4 Å². The van der Waals surface area contributed by atoms with Crippen molar-refractivity contribution in [1.82, 2.24) is 15.1 Å². The Labute approximate surface area is 79.1 Å². The molecular weight excluding hydrogens is 162 g/mol. The van der Waals surface area contributed by atoms with E-state index >= 15 is 0 Å². The van der Waals surface area contributed by atoms with Crippen LogP contribution < -0.4 is 5.32 Å². The topological polar surface area (TPSA) is 29.9 Å². The summed E-state index contributed by atoms with van der Waals surface area (Å²) in [6.45, 7) is 6.31. The molecule has 1 fully saturated rings. The lowest BCUT2D eigenvalue weighted by molar-refractivity contribution is 0.644. The first-order chi connectivity index (χ1) is 6.29. The first-order valence-electron chi connectivity index (χ1n) is 5.04. The molecule has 1 aromatic heterocycles. The minimum atomic E-state index is 0.755. The minimum Gasteiger partial charge on any atom is -0.310 e. The molecule has 13 heavy (non-hydrogen) atoms. The number of aryl methyl sites for hydroxylation is 1. The van der Waals surface area contributed by atoms with E-state index < -0.39 is 0 Å². The number of aromatic nitrogens is 2. The Hall–Kier alpha value is -0.830. The maximum Gasteiger partial charge on any atom is 0.0534 e. The van der Waals surface area contributed by atoms with Gasteiger partial charge in [-0.05, 0) is 19.3 Å². The van der Waals surface area contributed by atoms with Crippen LogP contribution in [0.4, 0.5) is 0 Å². The van der Waals surface area contributed by atoms with Gasteiger partial charge in [0, 0.05) is 30.9 Å². The molecule has 1 aromatic rings. The molecule has 2 rings (SSSR count). The molecule has 72 valence electrons. The zero-order valence-electron chi connectivity index (χ0n) is 8.33. The van der Waals surface area contributed by atoms with Gasteiger partial charge in [-0.25, -0.2) is 0 Å². The van der Waals surface area contributed by atoms with Gasteiger partial charge in [-0.2, -0.15) is 5.10 Å². The molecule has 0 amide bonds. The Morgan fingerprint density at radius 3 is 3.00 bits per heavy atom. The number of rotatable bonds is 4. The standard InChI is InChI=1S/C10H17N3/c1-3-13-7-9(6-12-13)5-11-10-4-8(10)2/h6-8,10-11H,3-5H2,1-2H3. The normalized spacial score (nSPS) is 26.3. The molecular formula is C10H17N3. The van der Waals surface area contributed by atoms with Crippen molar-refractivity contribution in [2.45, 2.75) is 39.4 Å². The van der Waals surface area contributed by atoms with Gasteiger partial charge < -0.3 is 5.32 Å². The van der Waals surface area contributed by atoms with Crippen LogP contribution in [0.25, 0.3) is 0 Å². The third-order valence-corrected chi connectivity index (χ3v) is 2.69. The highest BCUT2D eigenvalue weighted by molar-refractivity contribution is 5.04. The summed E-state index contributed by atoms with van der Waals surface area (Å²) in [5, 5.41) is 7.74. The van der Waals surface area contributed by atoms with Crippen molar-refractivity contribution in [1.29, 1.82) is 0 Å². The second kappa shape index (κ2) is 3.50. The molecule has 0 aliphatic heterocycles. The molecule has 2 atom stereocenters. The first-order valence-corrected chi connectivity index (χ1v) is 5.04. The Kier molecular flexibility index (Phi) is 2.36. The fourth-order valence-electron chi connectivity index (χ4n) is 1.53. The summed E-state index contributed by atoms with van der Waals surface area (Å²) in [6.07, 6.45) is 5.39. The molecule has 0 spiro atoms. The van der Waals surface area contributed by atoms with Crippen LogP contribution in [0.2, 0.25) is 0 Å². The van der Waals surface area contributed by atoms with Crippen molar-refractivity contribution in [2.24, 2.45) is 5.92 Å². The minimum absolute atomic E-state index is 0.755. The summed E-state index contributed by atoms with van der Waals surface area (Å²) in [4.78, 5) is 0. The van der Waals surface area contributed by atoms with Gasteiger partial charge in [-0.3, -0.25) is 4.68 Å². The van der Waals surface area contributed by atoms with Crippen LogP contribution >= 0.6 is 0 Å². The summed E-state index contributed by atoms with van der Waals surface area (Å²) >= 11 is 0. The van der Waals surface area contributed by atoms with Crippen molar-refractivity contribution in [2.75, 3.05) is 0 Å². The van der Waals surface area contributed by atoms with E-state index in [0.29, 0.717) is 0 Å². The van der Waals surface area contributed by atoms with E-state index in [9.17, 15) is 0 Å². The summed E-state index contributed by atoms with van der Waals surface area (Å²) in [6, 6.07) is 0.755. The van der Waals surface area contributed by atoms with Gasteiger partial charge in [0.1, 0.15) is 0 Å². The second-order valence-electron chi connectivity index (χ2n) is 3.90. The summed E-state index contributed by atoms with van der Waals surface area (Å²) in [7, 11) is 0. The van der Waals surface area contributed by atoms with Crippen molar-refractivity contribution in [3.8, 4) is 0 Å². The Balaban J connectivity index is 1.80. The maximum absolute atomic E-state index is 4.23. The van der Waals surface area contributed by atoms with Gasteiger partial charge in [0.25, 0.3) is 0 Å². The van der Waals surface area contributed by atoms with Gasteiger partial charge in [-0.1, -0.05) is 6.92 Å². The van der Waals surface area contributed by atoms with E-state index in [1.54, 1.807) is 0 Å². The molecule has 0 bridgehead atoms. The fourth-order valence-corrected chi connectivity index (χ4v) is 1.53. The zero-order chi connectivity index (χ0) is 9.26. The van der Waals surface area contributed by atoms with Crippen molar-refractivity contribution >= 4 is 0 Å². The average molecular weight is 179 g/mol. The van der Waals surface area contributed by atoms with Crippen LogP contribution in [-0.4, -0.2) is 15.8 Å². The van der Waals surface area contributed by atoms with Gasteiger partial charge in [0.2, 0.25) is 0 Å². The molecule has 3 heteroatoms. The largest absolute Gasteiger partial charge is 0.310 e. The Bertz CT molecular complexity index is 279. The molecule has 1 saturated carbocycles. The van der Waals surface area contributed by atoms with Crippen LogP contribution in [0.1, 0.15) is 25.8 Å². The predicted octanol–water partition coefficient (Wildman–Crippen LogP) is 1.40. The van der Waals surface area contributed by atoms with E-state index in [1.165, 1.54) is 12.0 Å². The van der Waals surface area contributed by atoms with Crippen molar-refractivity contribution < 1.29 is 0 Å². The van der Waals surface area contributed by atoms with Gasteiger partial charge in [-0.15, -0.1) is 0 Å². The smallest absolute Gasteiger partial charge is 0.0534 e. The van der Waals surface area contributed by atoms with Crippen LogP contribution in [0.3, 0.4) is 0 Å². The predicted molar refractivity (Wildman–Crippen MR) is 52.3 cm³/mol. The number of nitrogens with zero attached hydrogens (tertiary/aromatic N) is 2. The molecule has 0 radical (unpaired) electrons. The average Bonchev–Trinajstić information content (AvgIpc) is 2.68. The molecule has 3 nitrogen and oxygen atoms in total. The highest BCUT2D eigenvalue weighted by Crippen LogP contribution is 2.29. The van der Waals surface area contributed by atoms with Crippen LogP contribution in [0, 0.1) is 5.92 Å². The first kappa shape index (κ1) is 8.75. The maximum atomic E-state index is 4.23. The van der Waals surface area contributed by atoms with E-state index in [0.717, 1.165) is 25.0 Å². The summed E-state index contributed by atoms with van der Waals surface area (Å²) in [5.74, 6) is 0.876. The van der Waals surface area contributed by atoms with Crippen molar-refractivity contribution in [3.05, 3.63) is 18.0 Å². The molecule has 1 aliphatic rings. The van der Waals surface area contributed by atoms with E-state index in [-0.39, 0.29) is 0 Å². The zero-order valence-corrected chi connectivity index (χ0v) is 8.33. The quantitative estimate of drug-likeness (QED) is 0.757. The Morgan fingerprint density at radius 1 is 1.69 bits per heavy atom. The molecule has 0 aromatic carbocycles. The van der Waals surface area contributed by atoms with Crippen molar-refractivity contribution in [3.63, 3.8) is 0 Å². The third kappa shape index (κ3) is 2.10. The summed E-state index contributed by atoms with van der Waals surface area (Å²) < 4.78 is 1.97. The lowest BCUT2D eigenvalue weighted by Crippen LogP contribution is -2.16. The highest BCUT2D eigenvalue weighted by Gasteiger charge is 2.31. The number of nitrogens with one attached hydrogen (secondary N) is 1. The van der Waals surface area contributed by atoms with E-state index in [4.69, 9.17) is 0 Å². The lowest BCUT2D eigenvalue weighted by atomic mass is 10.3. The van der Waals surface area contributed by atoms with Crippen LogP contribution in [0.5, 0.6) is 0 Å². The molecule has 1 N–H and O–H groups in total. The molecule has 1 aliphatic carbocycles. The SMILES string of the molecule is CCn1cc(CNC2CC2C)cn1. The molecule has 1 heterocycles. The number of hydrogen-bond acceptors (Lipinski definition) is 2. The molecule has 0 saturated heterocycles. The molecule has 2 unspecified atom stereocenters. The number of hydrogen-bond donors (Lipinski definition) is 1. The summed E-state index contributed by atoms with van der Waals surface area (Å²) in [5.41, 5.74) is 1.29. The van der Waals surface area contributed by atoms with E-state index in [1.807, 2.05) is 10.9 Å². The lowest BCUT2D eigenvalue weighted by Gasteiger charge is -1.99. The van der Waals surface area contributed by atoms with Crippen LogP contribution in [-0.2, 0) is 13.1 Å². The van der Waals surface area contributed by atoms with Gasteiger partial charge in [0.05, 0.1) is 6.20 Å². The van der Waals surface area contributed by atoms with Gasteiger partial charge >= 0.3 is 0 Å². The Morgan fingerprint density at radius 2 is 2.46 bits per heavy atom.